The third-order valence-electron chi connectivity index (χ3n) is 5.15. The van der Waals surface area contributed by atoms with Crippen LogP contribution in [0.3, 0.4) is 0 Å². The fourth-order valence-corrected chi connectivity index (χ4v) is 5.46. The highest BCUT2D eigenvalue weighted by molar-refractivity contribution is 7.91. The van der Waals surface area contributed by atoms with Gasteiger partial charge in [-0.2, -0.15) is 5.10 Å². The Morgan fingerprint density at radius 2 is 1.93 bits per heavy atom. The predicted molar refractivity (Wildman–Crippen MR) is 107 cm³/mol. The number of furan rings is 2. The number of nitrogens with zero attached hydrogens (tertiary/aromatic N) is 3. The minimum atomic E-state index is -3.16. The second-order valence-electron chi connectivity index (χ2n) is 7.05. The molecule has 4 aromatic heterocycles. The molecule has 4 aromatic rings. The second-order valence-corrected chi connectivity index (χ2v) is 9.28. The third kappa shape index (κ3) is 3.00. The van der Waals surface area contributed by atoms with Gasteiger partial charge in [0.05, 0.1) is 48.1 Å². The lowest BCUT2D eigenvalue weighted by atomic mass is 10.1. The summed E-state index contributed by atoms with van der Waals surface area (Å²) in [4.78, 5) is 17.3. The molecule has 0 aliphatic carbocycles. The van der Waals surface area contributed by atoms with Crippen molar-refractivity contribution in [3.63, 3.8) is 0 Å². The molecule has 0 spiro atoms. The van der Waals surface area contributed by atoms with Gasteiger partial charge in [0, 0.05) is 0 Å². The zero-order valence-electron chi connectivity index (χ0n) is 15.9. The van der Waals surface area contributed by atoms with Crippen molar-refractivity contribution in [2.45, 2.75) is 12.5 Å². The lowest BCUT2D eigenvalue weighted by molar-refractivity contribution is 0.0603. The van der Waals surface area contributed by atoms with Crippen molar-refractivity contribution in [1.29, 1.82) is 0 Å². The molecule has 0 radical (unpaired) electrons. The Bertz CT molecular complexity index is 1340. The number of rotatable bonds is 4. The van der Waals surface area contributed by atoms with E-state index < -0.39 is 21.8 Å². The van der Waals surface area contributed by atoms with E-state index in [0.717, 1.165) is 0 Å². The van der Waals surface area contributed by atoms with Gasteiger partial charge in [0.25, 0.3) is 0 Å². The van der Waals surface area contributed by atoms with Gasteiger partial charge in [-0.3, -0.25) is 0 Å². The van der Waals surface area contributed by atoms with Crippen molar-refractivity contribution in [1.82, 2.24) is 14.8 Å². The Hall–Kier alpha value is -3.40. The molecule has 0 N–H and O–H groups in total. The Kier molecular flexibility index (Phi) is 4.24. The zero-order valence-corrected chi connectivity index (χ0v) is 16.8. The predicted octanol–water partition coefficient (Wildman–Crippen LogP) is 3.10. The number of hydrogen-bond acceptors (Lipinski definition) is 8. The van der Waals surface area contributed by atoms with Crippen molar-refractivity contribution in [3.05, 3.63) is 48.4 Å². The molecule has 10 heteroatoms. The number of fused-ring (bicyclic) bond motifs is 1. The zero-order chi connectivity index (χ0) is 20.9. The first-order chi connectivity index (χ1) is 14.5. The molecule has 1 aliphatic rings. The Morgan fingerprint density at radius 3 is 2.53 bits per heavy atom. The maximum absolute atomic E-state index is 12.7. The molecule has 0 saturated carbocycles. The Morgan fingerprint density at radius 1 is 1.20 bits per heavy atom. The number of aromatic nitrogens is 3. The van der Waals surface area contributed by atoms with E-state index in [9.17, 15) is 13.2 Å². The third-order valence-corrected chi connectivity index (χ3v) is 6.90. The highest BCUT2D eigenvalue weighted by atomic mass is 32.2. The summed E-state index contributed by atoms with van der Waals surface area (Å²) in [6.45, 7) is 0. The van der Waals surface area contributed by atoms with E-state index >= 15 is 0 Å². The summed E-state index contributed by atoms with van der Waals surface area (Å²) in [5.41, 5.74) is 1.43. The number of esters is 1. The molecule has 1 saturated heterocycles. The van der Waals surface area contributed by atoms with Crippen molar-refractivity contribution < 1.29 is 26.8 Å². The first kappa shape index (κ1) is 18.6. The molecule has 1 unspecified atom stereocenters. The SMILES string of the molecule is COC(=O)c1cc(-c2ccco2)nc2c1c(-c1ccco1)nn2C1CCS(=O)(=O)C1. The summed E-state index contributed by atoms with van der Waals surface area (Å²) in [5.74, 6) is 0.380. The van der Waals surface area contributed by atoms with Crippen LogP contribution in [-0.2, 0) is 14.6 Å². The summed E-state index contributed by atoms with van der Waals surface area (Å²) >= 11 is 0. The summed E-state index contributed by atoms with van der Waals surface area (Å²) in [6, 6.07) is 8.06. The van der Waals surface area contributed by atoms with Gasteiger partial charge in [-0.25, -0.2) is 22.9 Å². The number of methoxy groups -OCH3 is 1. The lowest BCUT2D eigenvalue weighted by Crippen LogP contribution is -2.13. The average molecular weight is 427 g/mol. The summed E-state index contributed by atoms with van der Waals surface area (Å²) in [7, 11) is -1.87. The smallest absolute Gasteiger partial charge is 0.338 e. The van der Waals surface area contributed by atoms with Gasteiger partial charge >= 0.3 is 5.97 Å². The van der Waals surface area contributed by atoms with Crippen molar-refractivity contribution in [2.75, 3.05) is 18.6 Å². The summed E-state index contributed by atoms with van der Waals surface area (Å²) < 4.78 is 41.7. The maximum Gasteiger partial charge on any atom is 0.338 e. The molecular weight excluding hydrogens is 410 g/mol. The topological polar surface area (TPSA) is 117 Å². The molecule has 0 bridgehead atoms. The van der Waals surface area contributed by atoms with E-state index in [4.69, 9.17) is 13.6 Å². The van der Waals surface area contributed by atoms with E-state index in [1.807, 2.05) is 0 Å². The number of pyridine rings is 1. The van der Waals surface area contributed by atoms with E-state index in [-0.39, 0.29) is 17.1 Å². The fraction of sp³-hybridized carbons (Fsp3) is 0.250. The molecule has 0 amide bonds. The molecule has 30 heavy (non-hydrogen) atoms. The van der Waals surface area contributed by atoms with Gasteiger partial charge in [0.2, 0.25) is 0 Å². The van der Waals surface area contributed by atoms with E-state index in [2.05, 4.69) is 10.1 Å². The second kappa shape index (κ2) is 6.84. The number of carbonyl (C=O) groups excluding carboxylic acids is 1. The largest absolute Gasteiger partial charge is 0.465 e. The number of hydrogen-bond donors (Lipinski definition) is 0. The van der Waals surface area contributed by atoms with Gasteiger partial charge in [-0.05, 0) is 36.8 Å². The molecule has 1 aliphatic heterocycles. The minimum Gasteiger partial charge on any atom is -0.465 e. The molecule has 5 rings (SSSR count). The van der Waals surface area contributed by atoms with Crippen LogP contribution >= 0.6 is 0 Å². The van der Waals surface area contributed by atoms with Crippen LogP contribution in [0.4, 0.5) is 0 Å². The normalized spacial score (nSPS) is 18.1. The van der Waals surface area contributed by atoms with Crippen LogP contribution in [0.1, 0.15) is 22.8 Å². The van der Waals surface area contributed by atoms with Gasteiger partial charge in [-0.15, -0.1) is 0 Å². The van der Waals surface area contributed by atoms with Crippen LogP contribution < -0.4 is 0 Å². The monoisotopic (exact) mass is 427 g/mol. The number of sulfone groups is 1. The lowest BCUT2D eigenvalue weighted by Gasteiger charge is -2.10. The molecule has 154 valence electrons. The van der Waals surface area contributed by atoms with Crippen LogP contribution in [-0.4, -0.2) is 47.8 Å². The highest BCUT2D eigenvalue weighted by Crippen LogP contribution is 2.36. The van der Waals surface area contributed by atoms with E-state index in [1.165, 1.54) is 19.6 Å². The molecular formula is C20H17N3O6S. The minimum absolute atomic E-state index is 0.0401. The number of carbonyl (C=O) groups is 1. The van der Waals surface area contributed by atoms with Gasteiger partial charge in [0.15, 0.2) is 27.0 Å². The molecule has 5 heterocycles. The average Bonchev–Trinajstić information content (AvgIpc) is 3.51. The molecule has 1 atom stereocenters. The summed E-state index contributed by atoms with van der Waals surface area (Å²) in [6.07, 6.45) is 3.42. The molecule has 0 aromatic carbocycles. The van der Waals surface area contributed by atoms with Crippen LogP contribution in [0.25, 0.3) is 33.9 Å². The maximum atomic E-state index is 12.7. The van der Waals surface area contributed by atoms with Gasteiger partial charge in [0.1, 0.15) is 11.4 Å². The Labute approximate surface area is 171 Å². The molecule has 1 fully saturated rings. The van der Waals surface area contributed by atoms with Crippen LogP contribution in [0, 0.1) is 0 Å². The van der Waals surface area contributed by atoms with Gasteiger partial charge in [-0.1, -0.05) is 0 Å². The molecule has 9 nitrogen and oxygen atoms in total. The van der Waals surface area contributed by atoms with Crippen LogP contribution in [0.15, 0.2) is 51.7 Å². The first-order valence-corrected chi connectivity index (χ1v) is 11.1. The summed E-state index contributed by atoms with van der Waals surface area (Å²) in [5, 5.41) is 5.08. The number of ether oxygens (including phenoxy) is 1. The van der Waals surface area contributed by atoms with E-state index in [0.29, 0.717) is 40.4 Å². The standard InChI is InChI=1S/C20H17N3O6S/c1-27-20(24)13-10-14(15-4-2-7-28-15)21-19-17(13)18(16-5-3-8-29-16)22-23(19)12-6-9-30(25,26)11-12/h2-5,7-8,10,12H,6,9,11H2,1H3. The Balaban J connectivity index is 1.83. The van der Waals surface area contributed by atoms with Crippen molar-refractivity contribution >= 4 is 26.8 Å². The van der Waals surface area contributed by atoms with Crippen molar-refractivity contribution in [3.8, 4) is 22.9 Å². The fourth-order valence-electron chi connectivity index (χ4n) is 3.77. The van der Waals surface area contributed by atoms with Crippen LogP contribution in [0.5, 0.6) is 0 Å². The highest BCUT2D eigenvalue weighted by Gasteiger charge is 2.34. The van der Waals surface area contributed by atoms with Crippen molar-refractivity contribution in [2.24, 2.45) is 0 Å². The van der Waals surface area contributed by atoms with Crippen LogP contribution in [0.2, 0.25) is 0 Å². The quantitative estimate of drug-likeness (QED) is 0.456. The van der Waals surface area contributed by atoms with Gasteiger partial charge < -0.3 is 13.6 Å². The first-order valence-electron chi connectivity index (χ1n) is 9.26. The van der Waals surface area contributed by atoms with E-state index in [1.54, 1.807) is 35.0 Å².